The van der Waals surface area contributed by atoms with E-state index in [0.29, 0.717) is 27.7 Å². The van der Waals surface area contributed by atoms with Crippen molar-refractivity contribution >= 4 is 46.3 Å². The second kappa shape index (κ2) is 8.79. The minimum atomic E-state index is -0.484. The van der Waals surface area contributed by atoms with E-state index in [-0.39, 0.29) is 22.8 Å². The highest BCUT2D eigenvalue weighted by atomic mass is 35.5. The second-order valence-corrected chi connectivity index (χ2v) is 7.56. The fourth-order valence-electron chi connectivity index (χ4n) is 3.31. The Bertz CT molecular complexity index is 1200. The number of pyridine rings is 1. The van der Waals surface area contributed by atoms with Crippen LogP contribution >= 0.6 is 23.2 Å². The van der Waals surface area contributed by atoms with Crippen LogP contribution in [-0.2, 0) is 16.1 Å². The second-order valence-electron chi connectivity index (χ2n) is 6.72. The minimum absolute atomic E-state index is 0.0321. The van der Waals surface area contributed by atoms with Crippen LogP contribution in [0.2, 0.25) is 10.0 Å². The van der Waals surface area contributed by atoms with Gasteiger partial charge in [0, 0.05) is 16.8 Å². The standard InChI is InChI=1S/C23H17Cl2N3O3/c1-31-19-8-3-2-7-18(19)27-21-20(16-10-9-14(24)12-17(16)25)22(29)28(23(21)30)13-15-6-4-5-11-26-15/h2-12,27H,13H2,1H3. The zero-order chi connectivity index (χ0) is 22.0. The van der Waals surface area contributed by atoms with Crippen molar-refractivity contribution in [3.05, 3.63) is 93.9 Å². The lowest BCUT2D eigenvalue weighted by Gasteiger charge is -2.15. The lowest BCUT2D eigenvalue weighted by atomic mass is 10.0. The number of nitrogens with zero attached hydrogens (tertiary/aromatic N) is 2. The van der Waals surface area contributed by atoms with Crippen molar-refractivity contribution in [2.45, 2.75) is 6.54 Å². The lowest BCUT2D eigenvalue weighted by molar-refractivity contribution is -0.137. The number of anilines is 1. The first-order chi connectivity index (χ1) is 15.0. The van der Waals surface area contributed by atoms with Gasteiger partial charge in [0.25, 0.3) is 11.8 Å². The van der Waals surface area contributed by atoms with Crippen molar-refractivity contribution in [2.75, 3.05) is 12.4 Å². The zero-order valence-corrected chi connectivity index (χ0v) is 17.9. The minimum Gasteiger partial charge on any atom is -0.495 e. The summed E-state index contributed by atoms with van der Waals surface area (Å²) in [6.07, 6.45) is 1.61. The third-order valence-corrected chi connectivity index (χ3v) is 5.33. The summed E-state index contributed by atoms with van der Waals surface area (Å²) in [5, 5.41) is 3.77. The first-order valence-electron chi connectivity index (χ1n) is 9.35. The Morgan fingerprint density at radius 3 is 2.48 bits per heavy atom. The molecule has 2 heterocycles. The van der Waals surface area contributed by atoms with Gasteiger partial charge < -0.3 is 10.1 Å². The number of hydrogen-bond donors (Lipinski definition) is 1. The highest BCUT2D eigenvalue weighted by molar-refractivity contribution is 6.41. The molecule has 0 bridgehead atoms. The largest absolute Gasteiger partial charge is 0.495 e. The van der Waals surface area contributed by atoms with E-state index in [1.807, 2.05) is 6.07 Å². The molecule has 0 fully saturated rings. The van der Waals surface area contributed by atoms with Crippen molar-refractivity contribution in [3.8, 4) is 5.75 Å². The van der Waals surface area contributed by atoms with Crippen molar-refractivity contribution in [1.82, 2.24) is 9.88 Å². The molecule has 0 saturated carbocycles. The first-order valence-corrected chi connectivity index (χ1v) is 10.1. The van der Waals surface area contributed by atoms with Gasteiger partial charge >= 0.3 is 0 Å². The normalized spacial score (nSPS) is 13.7. The van der Waals surface area contributed by atoms with Crippen molar-refractivity contribution in [3.63, 3.8) is 0 Å². The van der Waals surface area contributed by atoms with Crippen molar-refractivity contribution in [1.29, 1.82) is 0 Å². The summed E-state index contributed by atoms with van der Waals surface area (Å²) >= 11 is 12.4. The molecule has 156 valence electrons. The van der Waals surface area contributed by atoms with E-state index in [9.17, 15) is 9.59 Å². The van der Waals surface area contributed by atoms with Crippen LogP contribution in [-0.4, -0.2) is 28.8 Å². The van der Waals surface area contributed by atoms with Gasteiger partial charge in [0.05, 0.1) is 35.6 Å². The molecule has 0 radical (unpaired) electrons. The maximum Gasteiger partial charge on any atom is 0.278 e. The quantitative estimate of drug-likeness (QED) is 0.543. The van der Waals surface area contributed by atoms with Crippen LogP contribution in [0, 0.1) is 0 Å². The van der Waals surface area contributed by atoms with Crippen molar-refractivity contribution in [2.24, 2.45) is 0 Å². The monoisotopic (exact) mass is 453 g/mol. The molecule has 0 aliphatic carbocycles. The van der Waals surface area contributed by atoms with Crippen LogP contribution < -0.4 is 10.1 Å². The maximum absolute atomic E-state index is 13.4. The van der Waals surface area contributed by atoms with Gasteiger partial charge in [-0.05, 0) is 36.4 Å². The van der Waals surface area contributed by atoms with Crippen molar-refractivity contribution < 1.29 is 14.3 Å². The third kappa shape index (κ3) is 4.13. The highest BCUT2D eigenvalue weighted by Gasteiger charge is 2.40. The third-order valence-electron chi connectivity index (χ3n) is 4.78. The average molecular weight is 454 g/mol. The highest BCUT2D eigenvalue weighted by Crippen LogP contribution is 2.37. The Hall–Kier alpha value is -3.35. The summed E-state index contributed by atoms with van der Waals surface area (Å²) in [5.41, 5.74) is 1.81. The van der Waals surface area contributed by atoms with Gasteiger partial charge in [0.2, 0.25) is 0 Å². The summed E-state index contributed by atoms with van der Waals surface area (Å²) in [7, 11) is 1.53. The van der Waals surface area contributed by atoms with Crippen LogP contribution in [0.5, 0.6) is 5.75 Å². The number of methoxy groups -OCH3 is 1. The molecule has 0 saturated heterocycles. The number of imide groups is 1. The fourth-order valence-corrected chi connectivity index (χ4v) is 3.82. The molecule has 1 aliphatic rings. The molecule has 2 aromatic carbocycles. The number of carbonyl (C=O) groups is 2. The van der Waals surface area contributed by atoms with Crippen LogP contribution in [0.1, 0.15) is 11.3 Å². The molecule has 4 rings (SSSR count). The Kier molecular flexibility index (Phi) is 5.93. The first kappa shape index (κ1) is 20.9. The smallest absolute Gasteiger partial charge is 0.278 e. The van der Waals surface area contributed by atoms with Crippen LogP contribution in [0.4, 0.5) is 5.69 Å². The summed E-state index contributed by atoms with van der Waals surface area (Å²) in [4.78, 5) is 32.1. The van der Waals surface area contributed by atoms with Gasteiger partial charge in [-0.2, -0.15) is 0 Å². The van der Waals surface area contributed by atoms with Gasteiger partial charge in [-0.15, -0.1) is 0 Å². The SMILES string of the molecule is COc1ccccc1NC1=C(c2ccc(Cl)cc2Cl)C(=O)N(Cc2ccccn2)C1=O. The summed E-state index contributed by atoms with van der Waals surface area (Å²) in [6, 6.07) is 17.2. The van der Waals surface area contributed by atoms with E-state index in [1.54, 1.807) is 54.7 Å². The van der Waals surface area contributed by atoms with Crippen LogP contribution in [0.25, 0.3) is 5.57 Å². The molecular formula is C23H17Cl2N3O3. The van der Waals surface area contributed by atoms with E-state index in [2.05, 4.69) is 10.3 Å². The number of nitrogens with one attached hydrogen (secondary N) is 1. The van der Waals surface area contributed by atoms with E-state index >= 15 is 0 Å². The van der Waals surface area contributed by atoms with Crippen LogP contribution in [0.15, 0.2) is 72.6 Å². The number of carbonyl (C=O) groups excluding carboxylic acids is 2. The van der Waals surface area contributed by atoms with Crippen LogP contribution in [0.3, 0.4) is 0 Å². The molecule has 3 aromatic rings. The summed E-state index contributed by atoms with van der Waals surface area (Å²) in [6.45, 7) is 0.0321. The maximum atomic E-state index is 13.4. The molecule has 1 N–H and O–H groups in total. The molecule has 0 atom stereocenters. The van der Waals surface area contributed by atoms with Gasteiger partial charge in [-0.3, -0.25) is 19.5 Å². The number of rotatable bonds is 6. The van der Waals surface area contributed by atoms with Gasteiger partial charge in [-0.1, -0.05) is 47.5 Å². The Labute approximate surface area is 189 Å². The van der Waals surface area contributed by atoms with E-state index < -0.39 is 11.8 Å². The molecule has 6 nitrogen and oxygen atoms in total. The summed E-state index contributed by atoms with van der Waals surface area (Å²) < 4.78 is 5.37. The van der Waals surface area contributed by atoms with E-state index in [1.165, 1.54) is 13.2 Å². The number of amides is 2. The Balaban J connectivity index is 1.80. The molecule has 1 aromatic heterocycles. The molecule has 1 aliphatic heterocycles. The topological polar surface area (TPSA) is 71.5 Å². The molecular weight excluding hydrogens is 437 g/mol. The lowest BCUT2D eigenvalue weighted by Crippen LogP contribution is -2.32. The Morgan fingerprint density at radius 2 is 1.77 bits per heavy atom. The number of aromatic nitrogens is 1. The molecule has 2 amide bonds. The molecule has 31 heavy (non-hydrogen) atoms. The number of ether oxygens (including phenoxy) is 1. The Morgan fingerprint density at radius 1 is 1.00 bits per heavy atom. The van der Waals surface area contributed by atoms with Gasteiger partial charge in [-0.25, -0.2) is 0 Å². The van der Waals surface area contributed by atoms with E-state index in [4.69, 9.17) is 27.9 Å². The molecule has 8 heteroatoms. The van der Waals surface area contributed by atoms with E-state index in [0.717, 1.165) is 4.90 Å². The zero-order valence-electron chi connectivity index (χ0n) is 16.4. The molecule has 0 spiro atoms. The average Bonchev–Trinajstić information content (AvgIpc) is 2.99. The summed E-state index contributed by atoms with van der Waals surface area (Å²) in [5.74, 6) is -0.431. The predicted molar refractivity (Wildman–Crippen MR) is 120 cm³/mol. The van der Waals surface area contributed by atoms with Gasteiger partial charge in [0.15, 0.2) is 0 Å². The predicted octanol–water partition coefficient (Wildman–Crippen LogP) is 4.79. The number of benzene rings is 2. The fraction of sp³-hybridized carbons (Fsp3) is 0.0870. The number of hydrogen-bond acceptors (Lipinski definition) is 5. The van der Waals surface area contributed by atoms with Gasteiger partial charge in [0.1, 0.15) is 11.4 Å². The number of para-hydroxylation sites is 2. The molecule has 0 unspecified atom stereocenters. The number of halogens is 2.